The number of epoxide rings is 1. The Hall–Kier alpha value is -0.870. The van der Waals surface area contributed by atoms with Crippen LogP contribution >= 0.6 is 0 Å². The van der Waals surface area contributed by atoms with E-state index in [4.69, 9.17) is 9.47 Å². The summed E-state index contributed by atoms with van der Waals surface area (Å²) in [5, 5.41) is 10.3. The Kier molecular flexibility index (Phi) is 2.03. The lowest BCUT2D eigenvalue weighted by Crippen LogP contribution is -2.61. The highest BCUT2D eigenvalue weighted by Gasteiger charge is 2.79. The number of carbonyl (C=O) groups excluding carboxylic acids is 1. The second-order valence-electron chi connectivity index (χ2n) is 6.92. The van der Waals surface area contributed by atoms with Crippen LogP contribution in [0.2, 0.25) is 0 Å². The van der Waals surface area contributed by atoms with Gasteiger partial charge in [-0.1, -0.05) is 13.5 Å². The first kappa shape index (κ1) is 11.9. The molecule has 0 aromatic heterocycles. The molecule has 2 aliphatic heterocycles. The smallest absolute Gasteiger partial charge is 0.334 e. The molecule has 7 atom stereocenters. The third kappa shape index (κ3) is 1.16. The van der Waals surface area contributed by atoms with Gasteiger partial charge < -0.3 is 14.6 Å². The van der Waals surface area contributed by atoms with Crippen molar-refractivity contribution in [2.24, 2.45) is 17.8 Å². The summed E-state index contributed by atoms with van der Waals surface area (Å²) in [4.78, 5) is 12.0. The number of hydrogen-bond donors (Lipinski definition) is 1. The highest BCUT2D eigenvalue weighted by atomic mass is 16.7. The lowest BCUT2D eigenvalue weighted by atomic mass is 9.55. The van der Waals surface area contributed by atoms with Crippen LogP contribution in [0.4, 0.5) is 0 Å². The molecule has 1 N–H and O–H groups in total. The van der Waals surface area contributed by atoms with Crippen molar-refractivity contribution in [3.63, 3.8) is 0 Å². The van der Waals surface area contributed by atoms with E-state index in [0.29, 0.717) is 17.9 Å². The van der Waals surface area contributed by atoms with E-state index < -0.39 is 17.3 Å². The number of rotatable bonds is 0. The van der Waals surface area contributed by atoms with E-state index in [1.54, 1.807) is 0 Å². The number of aliphatic hydroxyl groups is 1. The SMILES string of the molecule is C=C1C(=O)OC23C1CCC(C)C2CC(O)C1(C)OC13. The van der Waals surface area contributed by atoms with Gasteiger partial charge in [0, 0.05) is 17.4 Å². The van der Waals surface area contributed by atoms with Crippen LogP contribution in [0.3, 0.4) is 0 Å². The monoisotopic (exact) mass is 264 g/mol. The molecule has 4 nitrogen and oxygen atoms in total. The van der Waals surface area contributed by atoms with Crippen LogP contribution in [-0.4, -0.2) is 34.5 Å². The average molecular weight is 264 g/mol. The fourth-order valence-corrected chi connectivity index (χ4v) is 4.86. The van der Waals surface area contributed by atoms with Gasteiger partial charge in [-0.05, 0) is 32.1 Å². The van der Waals surface area contributed by atoms with Crippen molar-refractivity contribution in [2.75, 3.05) is 0 Å². The normalized spacial score (nSPS) is 59.0. The van der Waals surface area contributed by atoms with Gasteiger partial charge in [-0.2, -0.15) is 0 Å². The molecule has 2 aliphatic carbocycles. The lowest BCUT2D eigenvalue weighted by Gasteiger charge is -2.50. The van der Waals surface area contributed by atoms with Crippen LogP contribution in [0.5, 0.6) is 0 Å². The number of ether oxygens (including phenoxy) is 2. The van der Waals surface area contributed by atoms with E-state index in [0.717, 1.165) is 12.8 Å². The standard InChI is InChI=1S/C15H20O4/c1-7-4-5-9-8(2)12(17)18-15(9)10(7)6-11(16)14(3)13(15)19-14/h7,9-11,13,16H,2,4-6H2,1,3H3. The minimum atomic E-state index is -0.556. The molecule has 0 aromatic rings. The third-order valence-electron chi connectivity index (χ3n) is 6.06. The van der Waals surface area contributed by atoms with Gasteiger partial charge in [0.15, 0.2) is 5.60 Å². The molecular weight excluding hydrogens is 244 g/mol. The van der Waals surface area contributed by atoms with Gasteiger partial charge in [0.2, 0.25) is 0 Å². The zero-order valence-corrected chi connectivity index (χ0v) is 11.4. The highest BCUT2D eigenvalue weighted by Crippen LogP contribution is 2.66. The van der Waals surface area contributed by atoms with Crippen molar-refractivity contribution in [2.45, 2.75) is 56.5 Å². The Morgan fingerprint density at radius 3 is 2.89 bits per heavy atom. The fraction of sp³-hybridized carbons (Fsp3) is 0.800. The van der Waals surface area contributed by atoms with Crippen molar-refractivity contribution >= 4 is 5.97 Å². The Morgan fingerprint density at radius 1 is 1.42 bits per heavy atom. The minimum absolute atomic E-state index is 0.0699. The second-order valence-corrected chi connectivity index (χ2v) is 6.92. The second kappa shape index (κ2) is 3.23. The summed E-state index contributed by atoms with van der Waals surface area (Å²) in [7, 11) is 0. The van der Waals surface area contributed by atoms with Gasteiger partial charge in [-0.15, -0.1) is 0 Å². The predicted molar refractivity (Wildman–Crippen MR) is 67.2 cm³/mol. The summed E-state index contributed by atoms with van der Waals surface area (Å²) in [6, 6.07) is 0. The number of esters is 1. The Morgan fingerprint density at radius 2 is 2.16 bits per heavy atom. The first-order valence-corrected chi connectivity index (χ1v) is 7.19. The Labute approximate surface area is 112 Å². The van der Waals surface area contributed by atoms with Crippen LogP contribution in [-0.2, 0) is 14.3 Å². The van der Waals surface area contributed by atoms with Crippen LogP contribution in [0.25, 0.3) is 0 Å². The molecule has 104 valence electrons. The van der Waals surface area contributed by atoms with E-state index in [-0.39, 0.29) is 23.9 Å². The number of hydrogen-bond acceptors (Lipinski definition) is 4. The summed E-state index contributed by atoms with van der Waals surface area (Å²) in [5.74, 6) is 0.433. The van der Waals surface area contributed by atoms with Crippen LogP contribution in [0, 0.1) is 17.8 Å². The van der Waals surface area contributed by atoms with Crippen molar-refractivity contribution in [1.29, 1.82) is 0 Å². The van der Waals surface area contributed by atoms with Gasteiger partial charge in [0.1, 0.15) is 11.7 Å². The van der Waals surface area contributed by atoms with Crippen LogP contribution in [0.1, 0.15) is 33.1 Å². The zero-order valence-electron chi connectivity index (χ0n) is 11.4. The predicted octanol–water partition coefficient (Wildman–Crippen LogP) is 1.42. The summed E-state index contributed by atoms with van der Waals surface area (Å²) >= 11 is 0. The molecule has 1 spiro atoms. The highest BCUT2D eigenvalue weighted by molar-refractivity contribution is 5.92. The summed E-state index contributed by atoms with van der Waals surface area (Å²) in [5.41, 5.74) is -0.484. The topological polar surface area (TPSA) is 59.1 Å². The van der Waals surface area contributed by atoms with Crippen LogP contribution < -0.4 is 0 Å². The molecule has 19 heavy (non-hydrogen) atoms. The van der Waals surface area contributed by atoms with Crippen molar-refractivity contribution in [3.8, 4) is 0 Å². The molecule has 2 saturated heterocycles. The third-order valence-corrected chi connectivity index (χ3v) is 6.06. The van der Waals surface area contributed by atoms with Gasteiger partial charge in [0.05, 0.1) is 6.10 Å². The van der Waals surface area contributed by atoms with Gasteiger partial charge in [-0.3, -0.25) is 0 Å². The molecule has 7 unspecified atom stereocenters. The Bertz CT molecular complexity index is 487. The summed E-state index contributed by atoms with van der Waals surface area (Å²) in [6.45, 7) is 8.05. The number of aliphatic hydroxyl groups excluding tert-OH is 1. The molecule has 4 aliphatic rings. The first-order chi connectivity index (χ1) is 8.91. The molecule has 0 bridgehead atoms. The maximum atomic E-state index is 12.0. The van der Waals surface area contributed by atoms with Crippen molar-refractivity contribution < 1.29 is 19.4 Å². The average Bonchev–Trinajstić information content (AvgIpc) is 3.00. The molecule has 4 fully saturated rings. The van der Waals surface area contributed by atoms with E-state index in [1.165, 1.54) is 0 Å². The van der Waals surface area contributed by atoms with Crippen LogP contribution in [0.15, 0.2) is 12.2 Å². The molecule has 2 saturated carbocycles. The Balaban J connectivity index is 1.84. The van der Waals surface area contributed by atoms with Gasteiger partial charge in [-0.25, -0.2) is 4.79 Å². The molecule has 0 aromatic carbocycles. The number of carbonyl (C=O) groups is 1. The van der Waals surface area contributed by atoms with E-state index in [2.05, 4.69) is 13.5 Å². The molecular formula is C15H20O4. The van der Waals surface area contributed by atoms with Gasteiger partial charge in [0.25, 0.3) is 0 Å². The van der Waals surface area contributed by atoms with Crippen molar-refractivity contribution in [3.05, 3.63) is 12.2 Å². The zero-order chi connectivity index (χ0) is 13.6. The molecule has 2 heterocycles. The van der Waals surface area contributed by atoms with E-state index >= 15 is 0 Å². The molecule has 4 rings (SSSR count). The largest absolute Gasteiger partial charge is 0.452 e. The quantitative estimate of drug-likeness (QED) is 0.408. The fourth-order valence-electron chi connectivity index (χ4n) is 4.86. The van der Waals surface area contributed by atoms with Gasteiger partial charge >= 0.3 is 5.97 Å². The van der Waals surface area contributed by atoms with E-state index in [9.17, 15) is 9.90 Å². The molecule has 0 amide bonds. The van der Waals surface area contributed by atoms with Crippen molar-refractivity contribution in [1.82, 2.24) is 0 Å². The first-order valence-electron chi connectivity index (χ1n) is 7.19. The number of fused-ring (bicyclic) bond motifs is 1. The summed E-state index contributed by atoms with van der Waals surface area (Å²) in [6.07, 6.45) is 2.04. The molecule has 4 heteroatoms. The minimum Gasteiger partial charge on any atom is -0.452 e. The lowest BCUT2D eigenvalue weighted by molar-refractivity contribution is -0.172. The maximum absolute atomic E-state index is 12.0. The van der Waals surface area contributed by atoms with E-state index in [1.807, 2.05) is 6.92 Å². The molecule has 0 radical (unpaired) electrons. The maximum Gasteiger partial charge on any atom is 0.334 e. The summed E-state index contributed by atoms with van der Waals surface area (Å²) < 4.78 is 11.7.